The lowest BCUT2D eigenvalue weighted by molar-refractivity contribution is 0.0930. The first-order chi connectivity index (χ1) is 15.4. The summed E-state index contributed by atoms with van der Waals surface area (Å²) >= 11 is 3.47. The van der Waals surface area contributed by atoms with Crippen molar-refractivity contribution in [3.8, 4) is 0 Å². The van der Waals surface area contributed by atoms with E-state index in [1.54, 1.807) is 24.3 Å². The zero-order chi connectivity index (χ0) is 23.0. The van der Waals surface area contributed by atoms with Crippen LogP contribution in [0, 0.1) is 0 Å². The Bertz CT molecular complexity index is 1130. The summed E-state index contributed by atoms with van der Waals surface area (Å²) in [6, 6.07) is 26.3. The van der Waals surface area contributed by atoms with E-state index in [9.17, 15) is 13.2 Å². The van der Waals surface area contributed by atoms with Gasteiger partial charge in [-0.05, 0) is 23.3 Å². The van der Waals surface area contributed by atoms with Gasteiger partial charge in [0.25, 0.3) is 0 Å². The van der Waals surface area contributed by atoms with Crippen LogP contribution in [0.3, 0.4) is 0 Å². The van der Waals surface area contributed by atoms with Gasteiger partial charge in [0.1, 0.15) is 0 Å². The number of anilines is 1. The Labute approximate surface area is 215 Å². The number of hydrogen-bond donors (Lipinski definition) is 0. The van der Waals surface area contributed by atoms with E-state index in [1.807, 2.05) is 60.7 Å². The van der Waals surface area contributed by atoms with Crippen molar-refractivity contribution >= 4 is 54.4 Å². The standard InChI is InChI=1S/C25H27BrN2O3S.BrH/c1-32(30,31)28(19-22-11-6-3-7-12-22)24-14-8-13-23(17-24)25(29)20-27(16-15-26)18-21-9-4-2-5-10-21;/h2-14,17H,15-16,18-20H2,1H3;1H. The quantitative estimate of drug-likeness (QED) is 0.223. The molecule has 0 fully saturated rings. The number of benzene rings is 3. The minimum absolute atomic E-state index is 0. The highest BCUT2D eigenvalue weighted by molar-refractivity contribution is 9.09. The lowest BCUT2D eigenvalue weighted by Crippen LogP contribution is -2.32. The van der Waals surface area contributed by atoms with Crippen LogP contribution in [0.4, 0.5) is 5.69 Å². The molecule has 0 saturated heterocycles. The van der Waals surface area contributed by atoms with E-state index in [1.165, 1.54) is 10.6 Å². The third-order valence-corrected chi connectivity index (χ3v) is 6.54. The molecule has 0 aliphatic carbocycles. The Balaban J connectivity index is 0.00000385. The molecule has 0 bridgehead atoms. The van der Waals surface area contributed by atoms with E-state index >= 15 is 0 Å². The van der Waals surface area contributed by atoms with Crippen LogP contribution in [-0.4, -0.2) is 43.8 Å². The number of halogens is 2. The molecule has 5 nitrogen and oxygen atoms in total. The topological polar surface area (TPSA) is 57.7 Å². The molecule has 3 rings (SSSR count). The Kier molecular flexibility index (Phi) is 10.8. The summed E-state index contributed by atoms with van der Waals surface area (Å²) in [6.07, 6.45) is 1.18. The summed E-state index contributed by atoms with van der Waals surface area (Å²) < 4.78 is 26.4. The van der Waals surface area contributed by atoms with Gasteiger partial charge in [0.05, 0.1) is 25.0 Å². The van der Waals surface area contributed by atoms with Gasteiger partial charge in [-0.25, -0.2) is 8.42 Å². The molecule has 0 heterocycles. The van der Waals surface area contributed by atoms with Crippen molar-refractivity contribution < 1.29 is 13.2 Å². The van der Waals surface area contributed by atoms with Crippen molar-refractivity contribution in [2.75, 3.05) is 29.0 Å². The predicted octanol–water partition coefficient (Wildman–Crippen LogP) is 5.31. The van der Waals surface area contributed by atoms with Crippen LogP contribution in [-0.2, 0) is 23.1 Å². The number of ketones is 1. The van der Waals surface area contributed by atoms with Gasteiger partial charge in [0.15, 0.2) is 5.78 Å². The van der Waals surface area contributed by atoms with E-state index in [2.05, 4.69) is 20.8 Å². The monoisotopic (exact) mass is 594 g/mol. The number of sulfonamides is 1. The fourth-order valence-electron chi connectivity index (χ4n) is 3.45. The lowest BCUT2D eigenvalue weighted by Gasteiger charge is -2.24. The maximum Gasteiger partial charge on any atom is 0.232 e. The van der Waals surface area contributed by atoms with Gasteiger partial charge >= 0.3 is 0 Å². The van der Waals surface area contributed by atoms with Crippen molar-refractivity contribution in [2.45, 2.75) is 13.1 Å². The minimum Gasteiger partial charge on any atom is -0.293 e. The van der Waals surface area contributed by atoms with E-state index < -0.39 is 10.0 Å². The number of nitrogens with zero attached hydrogens (tertiary/aromatic N) is 2. The van der Waals surface area contributed by atoms with Gasteiger partial charge in [-0.15, -0.1) is 17.0 Å². The molecule has 0 aliphatic rings. The van der Waals surface area contributed by atoms with E-state index in [0.29, 0.717) is 17.8 Å². The van der Waals surface area contributed by atoms with Gasteiger partial charge in [0, 0.05) is 24.0 Å². The van der Waals surface area contributed by atoms with Gasteiger partial charge in [-0.1, -0.05) is 88.7 Å². The molecule has 0 spiro atoms. The summed E-state index contributed by atoms with van der Waals surface area (Å²) in [5.74, 6) is -0.0445. The highest BCUT2D eigenvalue weighted by atomic mass is 79.9. The van der Waals surface area contributed by atoms with Crippen LogP contribution in [0.25, 0.3) is 0 Å². The van der Waals surface area contributed by atoms with E-state index in [-0.39, 0.29) is 35.9 Å². The summed E-state index contributed by atoms with van der Waals surface area (Å²) in [6.45, 7) is 1.85. The summed E-state index contributed by atoms with van der Waals surface area (Å²) in [5, 5.41) is 0.756. The third-order valence-electron chi connectivity index (χ3n) is 5.04. The fraction of sp³-hybridized carbons (Fsp3) is 0.240. The van der Waals surface area contributed by atoms with Crippen molar-refractivity contribution in [1.29, 1.82) is 0 Å². The second-order valence-corrected chi connectivity index (χ2v) is 10.3. The average molecular weight is 596 g/mol. The first kappa shape index (κ1) is 27.2. The Morgan fingerprint density at radius 3 is 1.97 bits per heavy atom. The molecule has 0 unspecified atom stereocenters. The summed E-state index contributed by atoms with van der Waals surface area (Å²) in [7, 11) is -3.53. The highest BCUT2D eigenvalue weighted by Gasteiger charge is 2.20. The Morgan fingerprint density at radius 2 is 1.42 bits per heavy atom. The van der Waals surface area contributed by atoms with E-state index in [0.717, 1.165) is 23.0 Å². The third kappa shape index (κ3) is 8.37. The van der Waals surface area contributed by atoms with Gasteiger partial charge in [0.2, 0.25) is 10.0 Å². The molecule has 3 aromatic carbocycles. The molecule has 0 saturated carbocycles. The number of carbonyl (C=O) groups is 1. The molecular formula is C25H28Br2N2O3S. The molecule has 0 radical (unpaired) electrons. The van der Waals surface area contributed by atoms with Crippen LogP contribution >= 0.6 is 32.9 Å². The van der Waals surface area contributed by atoms with Crippen LogP contribution in [0.1, 0.15) is 21.5 Å². The molecule has 3 aromatic rings. The molecule has 176 valence electrons. The molecule has 0 aliphatic heterocycles. The molecule has 0 atom stereocenters. The molecule has 0 N–H and O–H groups in total. The lowest BCUT2D eigenvalue weighted by atomic mass is 10.1. The number of rotatable bonds is 11. The summed E-state index contributed by atoms with van der Waals surface area (Å²) in [4.78, 5) is 15.2. The number of alkyl halides is 1. The van der Waals surface area contributed by atoms with Crippen LogP contribution < -0.4 is 4.31 Å². The summed E-state index contributed by atoms with van der Waals surface area (Å²) in [5.41, 5.74) is 3.00. The molecule has 0 aromatic heterocycles. The Hall–Kier alpha value is -2.00. The van der Waals surface area contributed by atoms with Gasteiger partial charge < -0.3 is 0 Å². The molecule has 0 amide bonds. The van der Waals surface area contributed by atoms with Crippen LogP contribution in [0.2, 0.25) is 0 Å². The maximum atomic E-state index is 13.1. The average Bonchev–Trinajstić information content (AvgIpc) is 2.78. The normalized spacial score (nSPS) is 11.1. The Morgan fingerprint density at radius 1 is 0.848 bits per heavy atom. The van der Waals surface area contributed by atoms with Crippen molar-refractivity contribution in [3.63, 3.8) is 0 Å². The van der Waals surface area contributed by atoms with Crippen molar-refractivity contribution in [3.05, 3.63) is 102 Å². The van der Waals surface area contributed by atoms with E-state index in [4.69, 9.17) is 0 Å². The highest BCUT2D eigenvalue weighted by Crippen LogP contribution is 2.22. The van der Waals surface area contributed by atoms with Crippen molar-refractivity contribution in [2.24, 2.45) is 0 Å². The molecular weight excluding hydrogens is 568 g/mol. The molecule has 33 heavy (non-hydrogen) atoms. The number of carbonyl (C=O) groups excluding carboxylic acids is 1. The van der Waals surface area contributed by atoms with Crippen molar-refractivity contribution in [1.82, 2.24) is 4.90 Å². The smallest absolute Gasteiger partial charge is 0.232 e. The first-order valence-electron chi connectivity index (χ1n) is 10.3. The van der Waals surface area contributed by atoms with Gasteiger partial charge in [-0.3, -0.25) is 14.0 Å². The minimum atomic E-state index is -3.53. The predicted molar refractivity (Wildman–Crippen MR) is 144 cm³/mol. The number of Topliss-reactive ketones (excluding diaryl/α,β-unsaturated/α-hetero) is 1. The van der Waals surface area contributed by atoms with Crippen LogP contribution in [0.5, 0.6) is 0 Å². The largest absolute Gasteiger partial charge is 0.293 e. The molecule has 8 heteroatoms. The second kappa shape index (κ2) is 13.0. The maximum absolute atomic E-state index is 13.1. The SMILES string of the molecule is Br.CS(=O)(=O)N(Cc1ccccc1)c1cccc(C(=O)CN(CCBr)Cc2ccccc2)c1. The second-order valence-electron chi connectivity index (χ2n) is 7.61. The van der Waals surface area contributed by atoms with Gasteiger partial charge in [-0.2, -0.15) is 0 Å². The van der Waals surface area contributed by atoms with Crippen LogP contribution in [0.15, 0.2) is 84.9 Å². The fourth-order valence-corrected chi connectivity index (χ4v) is 4.83. The zero-order valence-corrected chi connectivity index (χ0v) is 22.5. The first-order valence-corrected chi connectivity index (χ1v) is 13.3. The zero-order valence-electron chi connectivity index (χ0n) is 18.4. The number of hydrogen-bond acceptors (Lipinski definition) is 4.